The summed E-state index contributed by atoms with van der Waals surface area (Å²) in [6, 6.07) is 3.61. The number of nitrogens with zero attached hydrogens (tertiary/aromatic N) is 1. The minimum absolute atomic E-state index is 0.288. The molecule has 204 valence electrons. The molecule has 0 aromatic heterocycles. The molecular weight excluding hydrogens is 458 g/mol. The Morgan fingerprint density at radius 2 is 1.69 bits per heavy atom. The van der Waals surface area contributed by atoms with Gasteiger partial charge in [-0.1, -0.05) is 50.5 Å². The van der Waals surface area contributed by atoms with Crippen molar-refractivity contribution in [1.82, 2.24) is 15.5 Å². The SMILES string of the molecule is CCCCCNC(=O)C(c1cc(C)ccc1C)N(C(=O)C(CO)NC(=O)OC(C)(C)C)C(C)(C)CC. The molecule has 0 aliphatic carbocycles. The van der Waals surface area contributed by atoms with Gasteiger partial charge in [-0.05, 0) is 72.4 Å². The van der Waals surface area contributed by atoms with Gasteiger partial charge in [0.15, 0.2) is 0 Å². The molecule has 0 bridgehead atoms. The van der Waals surface area contributed by atoms with Crippen LogP contribution >= 0.6 is 0 Å². The molecule has 0 aliphatic heterocycles. The molecule has 8 nitrogen and oxygen atoms in total. The highest BCUT2D eigenvalue weighted by atomic mass is 16.6. The molecule has 8 heteroatoms. The third-order valence-electron chi connectivity index (χ3n) is 6.24. The van der Waals surface area contributed by atoms with Crippen LogP contribution in [0.4, 0.5) is 4.79 Å². The highest BCUT2D eigenvalue weighted by molar-refractivity contribution is 5.93. The van der Waals surface area contributed by atoms with Gasteiger partial charge in [-0.2, -0.15) is 0 Å². The Morgan fingerprint density at radius 3 is 2.22 bits per heavy atom. The molecule has 1 rings (SSSR count). The maximum Gasteiger partial charge on any atom is 0.408 e. The van der Waals surface area contributed by atoms with Crippen molar-refractivity contribution < 1.29 is 24.2 Å². The molecule has 3 N–H and O–H groups in total. The van der Waals surface area contributed by atoms with Crippen LogP contribution < -0.4 is 10.6 Å². The Balaban J connectivity index is 3.55. The topological polar surface area (TPSA) is 108 Å². The van der Waals surface area contributed by atoms with E-state index in [2.05, 4.69) is 17.6 Å². The molecule has 2 unspecified atom stereocenters. The predicted molar refractivity (Wildman–Crippen MR) is 143 cm³/mol. The number of aliphatic hydroxyl groups excluding tert-OH is 1. The fourth-order valence-electron chi connectivity index (χ4n) is 3.88. The number of carbonyl (C=O) groups excluding carboxylic acids is 3. The Morgan fingerprint density at radius 1 is 1.06 bits per heavy atom. The van der Waals surface area contributed by atoms with Crippen LogP contribution in [0.1, 0.15) is 96.9 Å². The maximum absolute atomic E-state index is 14.0. The van der Waals surface area contributed by atoms with Gasteiger partial charge in [0.05, 0.1) is 6.61 Å². The third kappa shape index (κ3) is 9.12. The maximum atomic E-state index is 14.0. The van der Waals surface area contributed by atoms with Crippen molar-refractivity contribution in [2.24, 2.45) is 0 Å². The number of hydrogen-bond donors (Lipinski definition) is 3. The Bertz CT molecular complexity index is 892. The van der Waals surface area contributed by atoms with Gasteiger partial charge in [0.25, 0.3) is 0 Å². The largest absolute Gasteiger partial charge is 0.444 e. The van der Waals surface area contributed by atoms with E-state index >= 15 is 0 Å². The summed E-state index contributed by atoms with van der Waals surface area (Å²) in [6.45, 7) is 16.7. The fourth-order valence-corrected chi connectivity index (χ4v) is 3.88. The number of ether oxygens (including phenoxy) is 1. The summed E-state index contributed by atoms with van der Waals surface area (Å²) >= 11 is 0. The first-order valence-corrected chi connectivity index (χ1v) is 13.0. The second-order valence-corrected chi connectivity index (χ2v) is 11.0. The molecule has 0 saturated carbocycles. The molecule has 0 spiro atoms. The van der Waals surface area contributed by atoms with E-state index in [1.54, 1.807) is 20.8 Å². The fraction of sp³-hybridized carbons (Fsp3) is 0.679. The number of hydrogen-bond acceptors (Lipinski definition) is 5. The van der Waals surface area contributed by atoms with E-state index in [9.17, 15) is 19.5 Å². The summed E-state index contributed by atoms with van der Waals surface area (Å²) in [5.74, 6) is -0.839. The van der Waals surface area contributed by atoms with Gasteiger partial charge in [0, 0.05) is 12.1 Å². The molecule has 0 radical (unpaired) electrons. The van der Waals surface area contributed by atoms with E-state index < -0.39 is 41.8 Å². The molecule has 3 amide bonds. The van der Waals surface area contributed by atoms with Crippen molar-refractivity contribution in [3.8, 4) is 0 Å². The predicted octanol–water partition coefficient (Wildman–Crippen LogP) is 4.55. The lowest BCUT2D eigenvalue weighted by Crippen LogP contribution is -2.60. The number of alkyl carbamates (subject to hydrolysis) is 1. The number of benzene rings is 1. The summed E-state index contributed by atoms with van der Waals surface area (Å²) < 4.78 is 5.30. The number of aryl methyl sites for hydroxylation is 2. The molecule has 1 aromatic rings. The highest BCUT2D eigenvalue weighted by Gasteiger charge is 2.43. The monoisotopic (exact) mass is 505 g/mol. The van der Waals surface area contributed by atoms with Crippen LogP contribution in [0.15, 0.2) is 18.2 Å². The van der Waals surface area contributed by atoms with E-state index in [0.29, 0.717) is 18.5 Å². The van der Waals surface area contributed by atoms with Gasteiger partial charge >= 0.3 is 6.09 Å². The van der Waals surface area contributed by atoms with Gasteiger partial charge in [0.1, 0.15) is 17.7 Å². The minimum Gasteiger partial charge on any atom is -0.444 e. The van der Waals surface area contributed by atoms with Gasteiger partial charge in [-0.15, -0.1) is 0 Å². The summed E-state index contributed by atoms with van der Waals surface area (Å²) in [5, 5.41) is 15.6. The number of unbranched alkanes of at least 4 members (excludes halogenated alkanes) is 2. The van der Waals surface area contributed by atoms with E-state index in [1.807, 2.05) is 52.8 Å². The lowest BCUT2D eigenvalue weighted by atomic mass is 9.89. The van der Waals surface area contributed by atoms with Crippen molar-refractivity contribution in [3.63, 3.8) is 0 Å². The van der Waals surface area contributed by atoms with Crippen LogP contribution in [-0.2, 0) is 14.3 Å². The number of nitrogens with one attached hydrogen (secondary N) is 2. The smallest absolute Gasteiger partial charge is 0.408 e. The Hall–Kier alpha value is -2.61. The van der Waals surface area contributed by atoms with Gasteiger partial charge in [-0.3, -0.25) is 9.59 Å². The van der Waals surface area contributed by atoms with E-state index in [-0.39, 0.29) is 5.91 Å². The normalized spacial score (nSPS) is 13.5. The molecule has 0 saturated heterocycles. The standard InChI is InChI=1S/C28H47N3O5/c1-10-12-13-16-29-24(33)23(21-17-19(3)14-15-20(21)4)31(28(8,9)11-2)25(34)22(18-32)30-26(35)36-27(5,6)7/h14-15,17,22-23,32H,10-13,16,18H2,1-9H3,(H,29,33)(H,30,35). The average Bonchev–Trinajstić information content (AvgIpc) is 2.78. The number of rotatable bonds is 12. The Labute approximate surface area is 217 Å². The first kappa shape index (κ1) is 31.4. The van der Waals surface area contributed by atoms with Crippen LogP contribution in [0.3, 0.4) is 0 Å². The quantitative estimate of drug-likeness (QED) is 0.361. The van der Waals surface area contributed by atoms with Crippen LogP contribution in [0.5, 0.6) is 0 Å². The van der Waals surface area contributed by atoms with Crippen LogP contribution in [0.2, 0.25) is 0 Å². The average molecular weight is 506 g/mol. The second kappa shape index (κ2) is 13.6. The number of carbonyl (C=O) groups is 3. The lowest BCUT2D eigenvalue weighted by molar-refractivity contribution is -0.150. The number of amides is 3. The van der Waals surface area contributed by atoms with Crippen LogP contribution in [0.25, 0.3) is 0 Å². The highest BCUT2D eigenvalue weighted by Crippen LogP contribution is 2.34. The van der Waals surface area contributed by atoms with Crippen molar-refractivity contribution >= 4 is 17.9 Å². The summed E-state index contributed by atoms with van der Waals surface area (Å²) in [6.07, 6.45) is 2.60. The van der Waals surface area contributed by atoms with Gasteiger partial charge < -0.3 is 25.4 Å². The molecular formula is C28H47N3O5. The molecule has 0 aliphatic rings. The zero-order valence-electron chi connectivity index (χ0n) is 23.7. The van der Waals surface area contributed by atoms with Crippen LogP contribution in [-0.4, -0.2) is 58.2 Å². The van der Waals surface area contributed by atoms with E-state index in [0.717, 1.165) is 30.4 Å². The van der Waals surface area contributed by atoms with Crippen molar-refractivity contribution in [2.75, 3.05) is 13.2 Å². The first-order chi connectivity index (χ1) is 16.7. The van der Waals surface area contributed by atoms with Crippen molar-refractivity contribution in [3.05, 3.63) is 34.9 Å². The number of aliphatic hydroxyl groups is 1. The summed E-state index contributed by atoms with van der Waals surface area (Å²) in [4.78, 5) is 41.7. The second-order valence-electron chi connectivity index (χ2n) is 11.0. The zero-order valence-corrected chi connectivity index (χ0v) is 23.7. The minimum atomic E-state index is -1.27. The zero-order chi connectivity index (χ0) is 27.7. The van der Waals surface area contributed by atoms with Gasteiger partial charge in [-0.25, -0.2) is 4.79 Å². The summed E-state index contributed by atoms with van der Waals surface area (Å²) in [7, 11) is 0. The van der Waals surface area contributed by atoms with Crippen LogP contribution in [0, 0.1) is 13.8 Å². The molecule has 36 heavy (non-hydrogen) atoms. The first-order valence-electron chi connectivity index (χ1n) is 13.0. The Kier molecular flexibility index (Phi) is 11.9. The van der Waals surface area contributed by atoms with E-state index in [4.69, 9.17) is 4.74 Å². The molecule has 0 fully saturated rings. The van der Waals surface area contributed by atoms with Gasteiger partial charge in [0.2, 0.25) is 11.8 Å². The molecule has 2 atom stereocenters. The van der Waals surface area contributed by atoms with Crippen molar-refractivity contribution in [1.29, 1.82) is 0 Å². The summed E-state index contributed by atoms with van der Waals surface area (Å²) in [5.41, 5.74) is 1.02. The molecule has 0 heterocycles. The molecule has 1 aromatic carbocycles. The lowest BCUT2D eigenvalue weighted by Gasteiger charge is -2.44. The van der Waals surface area contributed by atoms with Crippen molar-refractivity contribution in [2.45, 2.75) is 111 Å². The van der Waals surface area contributed by atoms with E-state index in [1.165, 1.54) is 4.90 Å². The third-order valence-corrected chi connectivity index (χ3v) is 6.24.